The number of ether oxygens (including phenoxy) is 1. The molecule has 6 aromatic rings. The van der Waals surface area contributed by atoms with Crippen LogP contribution in [0.15, 0.2) is 95.8 Å². The van der Waals surface area contributed by atoms with Gasteiger partial charge in [0.1, 0.15) is 24.1 Å². The highest BCUT2D eigenvalue weighted by atomic mass is 16.6. The zero-order valence-corrected chi connectivity index (χ0v) is 46.3. The third-order valence-corrected chi connectivity index (χ3v) is 15.9. The Labute approximate surface area is 464 Å². The molecule has 0 radical (unpaired) electrons. The first-order chi connectivity index (χ1) is 38.1. The smallest absolute Gasteiger partial charge is 0.343 e. The number of likely N-dealkylation sites (tertiary alicyclic amines) is 1. The van der Waals surface area contributed by atoms with Crippen molar-refractivity contribution in [3.05, 3.63) is 135 Å². The Morgan fingerprint density at radius 1 is 0.912 bits per heavy atom. The number of hydrogen-bond donors (Lipinski definition) is 7. The second-order valence-electron chi connectivity index (χ2n) is 23.2. The number of nitrogens with zero attached hydrogens (tertiary/aromatic N) is 5. The van der Waals surface area contributed by atoms with Gasteiger partial charge in [0.05, 0.1) is 59.1 Å². The Bertz CT molecular complexity index is 3400. The Hall–Kier alpha value is -7.58. The predicted molar refractivity (Wildman–Crippen MR) is 302 cm³/mol. The lowest BCUT2D eigenvalue weighted by Crippen LogP contribution is -2.61. The largest absolute Gasteiger partial charge is 0.508 e. The maximum Gasteiger partial charge on any atom is 0.343 e. The second kappa shape index (κ2) is 23.6. The zero-order valence-electron chi connectivity index (χ0n) is 46.3. The first-order valence-electron chi connectivity index (χ1n) is 27.6. The Morgan fingerprint density at radius 3 is 2.35 bits per heavy atom. The molecule has 19 nitrogen and oxygen atoms in total. The van der Waals surface area contributed by atoms with Gasteiger partial charge in [-0.2, -0.15) is 0 Å². The van der Waals surface area contributed by atoms with Crippen molar-refractivity contribution in [2.24, 2.45) is 17.6 Å². The number of rotatable bonds is 15. The number of cyclic esters (lactones) is 1. The van der Waals surface area contributed by atoms with Crippen LogP contribution < -0.4 is 27.2 Å². The molecule has 7 atom stereocenters. The number of phenolic OH excluding ortho intramolecular Hbond substituents is 1. The van der Waals surface area contributed by atoms with E-state index in [0.717, 1.165) is 53.1 Å². The molecule has 4 amide bonds. The van der Waals surface area contributed by atoms with Crippen LogP contribution in [0.2, 0.25) is 0 Å². The van der Waals surface area contributed by atoms with Gasteiger partial charge in [-0.05, 0) is 114 Å². The molecule has 1 saturated carbocycles. The quantitative estimate of drug-likeness (QED) is 0.0671. The predicted octanol–water partition coefficient (Wildman–Crippen LogP) is 4.94. The standard InChI is InChI=1S/C38H50N6O5.C23H23N3O5/c1-38(2,3)43-37(49)32-20-26-14-7-8-15-27(26)22-44(32)23-33(45)30(19-24-11-5-4-6-12-24)41-36(48)31(21-34(39)46)42-35(47)29-18-17-25-13-9-10-16-28(25)40-29;1-4-23(30)16-8-18-20-12(9-26(18)21(28)15(16)11-31-22(23)29)7-13-14(10-25(2)3)19(27)6-5-17(13)24-20/h4-6,9-13,16-18,26-27,30-33,45H,7-8,14-15,19-23H2,1-3H3,(H2,39,46)(H,41,48)(H,42,47)(H,43,49);5-8,27,30H,4,9-11H2,1-3H3/t26-,27+,30-,31-,32-,33+;23-/m00/s1. The summed E-state index contributed by atoms with van der Waals surface area (Å²) < 4.78 is 6.71. The maximum atomic E-state index is 13.8. The van der Waals surface area contributed by atoms with Crippen LogP contribution in [0.1, 0.15) is 111 Å². The second-order valence-corrected chi connectivity index (χ2v) is 23.2. The van der Waals surface area contributed by atoms with Gasteiger partial charge in [0.15, 0.2) is 5.60 Å². The van der Waals surface area contributed by atoms with E-state index in [1.807, 2.05) is 94.4 Å². The van der Waals surface area contributed by atoms with Gasteiger partial charge in [0.2, 0.25) is 17.7 Å². The minimum atomic E-state index is -1.84. The van der Waals surface area contributed by atoms with E-state index >= 15 is 0 Å². The van der Waals surface area contributed by atoms with E-state index in [-0.39, 0.29) is 48.9 Å². The number of amides is 4. The van der Waals surface area contributed by atoms with Crippen LogP contribution in [0, 0.1) is 11.8 Å². The molecular weight excluding hydrogens is 1020 g/mol. The van der Waals surface area contributed by atoms with Gasteiger partial charge >= 0.3 is 5.97 Å². The van der Waals surface area contributed by atoms with Crippen LogP contribution in [-0.2, 0) is 55.6 Å². The van der Waals surface area contributed by atoms with Crippen LogP contribution in [-0.4, -0.2) is 126 Å². The molecule has 3 aliphatic heterocycles. The van der Waals surface area contributed by atoms with Crippen molar-refractivity contribution in [3.8, 4) is 17.1 Å². The summed E-state index contributed by atoms with van der Waals surface area (Å²) in [6.07, 6.45) is 4.13. The number of nitrogens with one attached hydrogen (secondary N) is 3. The number of benzene rings is 3. The number of aliphatic hydroxyl groups excluding tert-OH is 1. The topological polar surface area (TPSA) is 272 Å². The number of carbonyl (C=O) groups excluding carboxylic acids is 5. The lowest BCUT2D eigenvalue weighted by molar-refractivity contribution is -0.172. The van der Waals surface area contributed by atoms with Gasteiger partial charge < -0.3 is 51.2 Å². The number of pyridine rings is 3. The van der Waals surface area contributed by atoms with Crippen molar-refractivity contribution < 1.29 is 44.0 Å². The SMILES string of the molecule is CC(C)(C)NC(=O)[C@@H]1C[C@@H]2CCCC[C@@H]2CN1C[C@@H](O)[C@H](Cc1ccccc1)NC(=O)[C@H](CC(N)=O)NC(=O)c1ccc2ccccc2n1.CC[C@@]1(O)C(=O)OCc2c1cc1n(c2=O)Cc2cc3c(CN(C)C)c(O)ccc3nc2-1. The molecule has 10 rings (SSSR count). The fourth-order valence-corrected chi connectivity index (χ4v) is 11.8. The molecule has 3 aromatic carbocycles. The van der Waals surface area contributed by atoms with Crippen LogP contribution >= 0.6 is 0 Å². The first-order valence-corrected chi connectivity index (χ1v) is 27.6. The summed E-state index contributed by atoms with van der Waals surface area (Å²) >= 11 is 0. The summed E-state index contributed by atoms with van der Waals surface area (Å²) in [6, 6.07) is 24.7. The summed E-state index contributed by atoms with van der Waals surface area (Å²) in [4.78, 5) is 91.6. The summed E-state index contributed by atoms with van der Waals surface area (Å²) in [6.45, 7) is 9.13. The minimum absolute atomic E-state index is 0.0566. The summed E-state index contributed by atoms with van der Waals surface area (Å²) in [5.41, 5.74) is 8.73. The van der Waals surface area contributed by atoms with Crippen molar-refractivity contribution in [2.45, 2.75) is 134 Å². The summed E-state index contributed by atoms with van der Waals surface area (Å²) in [5.74, 6) is -1.73. The first kappa shape index (κ1) is 57.1. The number of aromatic nitrogens is 3. The fraction of sp³-hybridized carbons (Fsp3) is 0.443. The number of carbonyl (C=O) groups is 5. The third kappa shape index (κ3) is 12.4. The molecule has 6 heterocycles. The normalized spacial score (nSPS) is 20.7. The number of nitrogens with two attached hydrogens (primary N) is 1. The number of aromatic hydroxyl groups is 1. The van der Waals surface area contributed by atoms with E-state index in [1.165, 1.54) is 6.42 Å². The van der Waals surface area contributed by atoms with Crippen LogP contribution in [0.5, 0.6) is 5.75 Å². The van der Waals surface area contributed by atoms with Crippen LogP contribution in [0.25, 0.3) is 33.2 Å². The molecule has 2 fully saturated rings. The van der Waals surface area contributed by atoms with Gasteiger partial charge in [-0.15, -0.1) is 0 Å². The molecule has 0 unspecified atom stereocenters. The molecule has 1 aliphatic carbocycles. The molecule has 80 heavy (non-hydrogen) atoms. The van der Waals surface area contributed by atoms with Crippen molar-refractivity contribution >= 4 is 51.4 Å². The zero-order chi connectivity index (χ0) is 57.2. The minimum Gasteiger partial charge on any atom is -0.508 e. The molecule has 1 saturated heterocycles. The molecular formula is C61H73N9O10. The Morgan fingerprint density at radius 2 is 1.64 bits per heavy atom. The van der Waals surface area contributed by atoms with E-state index in [4.69, 9.17) is 15.5 Å². The lowest BCUT2D eigenvalue weighted by atomic mass is 9.72. The van der Waals surface area contributed by atoms with Gasteiger partial charge in [0.25, 0.3) is 11.5 Å². The van der Waals surface area contributed by atoms with Crippen molar-refractivity contribution in [1.82, 2.24) is 40.3 Å². The number of fused-ring (bicyclic) bond motifs is 7. The van der Waals surface area contributed by atoms with Crippen molar-refractivity contribution in [3.63, 3.8) is 0 Å². The van der Waals surface area contributed by atoms with E-state index in [2.05, 4.69) is 25.8 Å². The third-order valence-electron chi connectivity index (χ3n) is 15.9. The number of β-amino-alcohol motifs (C(OH)–C–C–N with tert-alkyl or cyclic N) is 1. The Balaban J connectivity index is 0.000000213. The average molecular weight is 1090 g/mol. The maximum absolute atomic E-state index is 13.8. The van der Waals surface area contributed by atoms with E-state index in [0.29, 0.717) is 65.0 Å². The van der Waals surface area contributed by atoms with Gasteiger partial charge in [0, 0.05) is 52.6 Å². The van der Waals surface area contributed by atoms with E-state index in [9.17, 15) is 44.1 Å². The van der Waals surface area contributed by atoms with Crippen LogP contribution in [0.4, 0.5) is 0 Å². The number of phenols is 1. The van der Waals surface area contributed by atoms with E-state index < -0.39 is 65.5 Å². The van der Waals surface area contributed by atoms with Gasteiger partial charge in [-0.3, -0.25) is 28.9 Å². The lowest BCUT2D eigenvalue weighted by Gasteiger charge is -2.47. The number of piperidine rings is 1. The molecule has 4 aliphatic rings. The van der Waals surface area contributed by atoms with Gasteiger partial charge in [-0.1, -0.05) is 80.8 Å². The van der Waals surface area contributed by atoms with Gasteiger partial charge in [-0.25, -0.2) is 14.8 Å². The highest BCUT2D eigenvalue weighted by molar-refractivity contribution is 5.99. The fourth-order valence-electron chi connectivity index (χ4n) is 11.8. The average Bonchev–Trinajstić information content (AvgIpc) is 4.03. The monoisotopic (exact) mass is 1090 g/mol. The molecule has 0 bridgehead atoms. The number of aliphatic hydroxyl groups is 2. The number of hydrogen-bond acceptors (Lipinski definition) is 14. The summed E-state index contributed by atoms with van der Waals surface area (Å²) in [7, 11) is 3.86. The van der Waals surface area contributed by atoms with E-state index in [1.54, 1.807) is 47.9 Å². The number of para-hydroxylation sites is 1. The highest BCUT2D eigenvalue weighted by Crippen LogP contribution is 2.41. The summed E-state index contributed by atoms with van der Waals surface area (Å²) in [5, 5.41) is 43.6. The van der Waals surface area contributed by atoms with Crippen molar-refractivity contribution in [2.75, 3.05) is 27.2 Å². The molecule has 3 aromatic heterocycles. The number of primary amides is 1. The highest BCUT2D eigenvalue weighted by Gasteiger charge is 2.46. The number of esters is 1. The molecule has 0 spiro atoms. The van der Waals surface area contributed by atoms with Crippen LogP contribution in [0.3, 0.4) is 0 Å². The molecule has 19 heteroatoms. The molecule has 422 valence electrons. The Kier molecular flexibility index (Phi) is 16.9. The van der Waals surface area contributed by atoms with Crippen molar-refractivity contribution in [1.29, 1.82) is 0 Å². The molecule has 8 N–H and O–H groups in total.